The van der Waals surface area contributed by atoms with Gasteiger partial charge in [-0.2, -0.15) is 0 Å². The number of rotatable bonds is 2. The van der Waals surface area contributed by atoms with E-state index in [0.29, 0.717) is 35.4 Å². The number of halogens is 1. The predicted octanol–water partition coefficient (Wildman–Crippen LogP) is 3.99. The van der Waals surface area contributed by atoms with E-state index in [1.165, 1.54) is 12.1 Å². The standard InChI is InChI=1S/C22H18FN5O3/c23-12-5-6-17-16(11-12)25-20(18-19(24)27-31-26-18)28(17)13-7-9-22(10-8-13)15-4-2-1-3-14(15)21(29)30-22/h1-6,11,13H,7-10H2,(H2,24,27). The van der Waals surface area contributed by atoms with E-state index in [1.807, 2.05) is 28.8 Å². The third-order valence-electron chi connectivity index (χ3n) is 6.43. The molecule has 2 aliphatic rings. The molecule has 2 aromatic carbocycles. The summed E-state index contributed by atoms with van der Waals surface area (Å²) in [6.07, 6.45) is 2.83. The predicted molar refractivity (Wildman–Crippen MR) is 108 cm³/mol. The Balaban J connectivity index is 1.41. The third-order valence-corrected chi connectivity index (χ3v) is 6.43. The molecule has 2 aromatic heterocycles. The largest absolute Gasteiger partial charge is 0.451 e. The number of benzene rings is 2. The van der Waals surface area contributed by atoms with Crippen LogP contribution in [0, 0.1) is 5.82 Å². The van der Waals surface area contributed by atoms with Gasteiger partial charge in [-0.3, -0.25) is 0 Å². The number of nitrogen functional groups attached to an aromatic ring is 1. The summed E-state index contributed by atoms with van der Waals surface area (Å²) in [6.45, 7) is 0. The van der Waals surface area contributed by atoms with Crippen molar-refractivity contribution in [2.45, 2.75) is 37.3 Å². The van der Waals surface area contributed by atoms with Crippen LogP contribution in [0.1, 0.15) is 47.6 Å². The summed E-state index contributed by atoms with van der Waals surface area (Å²) in [5.41, 5.74) is 8.56. The molecule has 156 valence electrons. The molecule has 6 rings (SSSR count). The summed E-state index contributed by atoms with van der Waals surface area (Å²) in [5, 5.41) is 7.58. The van der Waals surface area contributed by atoms with Crippen molar-refractivity contribution < 1.29 is 18.6 Å². The Labute approximate surface area is 175 Å². The molecule has 2 N–H and O–H groups in total. The van der Waals surface area contributed by atoms with E-state index < -0.39 is 5.60 Å². The van der Waals surface area contributed by atoms with Gasteiger partial charge in [-0.15, -0.1) is 0 Å². The minimum Gasteiger partial charge on any atom is -0.451 e. The first-order chi connectivity index (χ1) is 15.1. The monoisotopic (exact) mass is 419 g/mol. The Hall–Kier alpha value is -3.75. The molecule has 0 unspecified atom stereocenters. The molecule has 1 aliphatic carbocycles. The van der Waals surface area contributed by atoms with Crippen molar-refractivity contribution in [3.63, 3.8) is 0 Å². The SMILES string of the molecule is Nc1nonc1-c1nc2cc(F)ccc2n1C1CCC2(CC1)OC(=O)c1ccccc12. The maximum absolute atomic E-state index is 13.9. The number of aromatic nitrogens is 4. The summed E-state index contributed by atoms with van der Waals surface area (Å²) in [5.74, 6) is -0.0150. The highest BCUT2D eigenvalue weighted by atomic mass is 19.1. The van der Waals surface area contributed by atoms with E-state index in [4.69, 9.17) is 15.1 Å². The molecule has 8 nitrogen and oxygen atoms in total. The van der Waals surface area contributed by atoms with Crippen molar-refractivity contribution in [3.8, 4) is 11.5 Å². The molecule has 1 saturated carbocycles. The highest BCUT2D eigenvalue weighted by Gasteiger charge is 2.48. The second-order valence-electron chi connectivity index (χ2n) is 8.10. The van der Waals surface area contributed by atoms with Gasteiger partial charge in [0.15, 0.2) is 17.3 Å². The number of hydrogen-bond donors (Lipinski definition) is 1. The van der Waals surface area contributed by atoms with Crippen molar-refractivity contribution >= 4 is 22.8 Å². The number of anilines is 1. The van der Waals surface area contributed by atoms with E-state index in [9.17, 15) is 9.18 Å². The Morgan fingerprint density at radius 1 is 1.13 bits per heavy atom. The number of nitrogens with two attached hydrogens (primary N) is 1. The summed E-state index contributed by atoms with van der Waals surface area (Å²) in [6, 6.07) is 12.1. The van der Waals surface area contributed by atoms with Gasteiger partial charge in [0.05, 0.1) is 16.6 Å². The van der Waals surface area contributed by atoms with E-state index in [1.54, 1.807) is 6.07 Å². The highest BCUT2D eigenvalue weighted by molar-refractivity contribution is 5.94. The van der Waals surface area contributed by atoms with Crippen LogP contribution >= 0.6 is 0 Å². The number of hydrogen-bond acceptors (Lipinski definition) is 7. The first-order valence-corrected chi connectivity index (χ1v) is 10.1. The summed E-state index contributed by atoms with van der Waals surface area (Å²) >= 11 is 0. The average molecular weight is 419 g/mol. The van der Waals surface area contributed by atoms with Crippen LogP contribution in [0.5, 0.6) is 0 Å². The number of carbonyl (C=O) groups excluding carboxylic acids is 1. The normalized spacial score (nSPS) is 22.7. The fourth-order valence-electron chi connectivity index (χ4n) is 5.00. The zero-order valence-electron chi connectivity index (χ0n) is 16.4. The van der Waals surface area contributed by atoms with E-state index >= 15 is 0 Å². The molecule has 4 aromatic rings. The Morgan fingerprint density at radius 3 is 2.71 bits per heavy atom. The fraction of sp³-hybridized carbons (Fsp3) is 0.273. The van der Waals surface area contributed by atoms with Crippen molar-refractivity contribution in [1.82, 2.24) is 19.9 Å². The minimum atomic E-state index is -0.596. The smallest absolute Gasteiger partial charge is 0.339 e. The van der Waals surface area contributed by atoms with Gasteiger partial charge >= 0.3 is 5.97 Å². The van der Waals surface area contributed by atoms with Crippen LogP contribution < -0.4 is 5.73 Å². The van der Waals surface area contributed by atoms with Gasteiger partial charge < -0.3 is 15.0 Å². The number of fused-ring (bicyclic) bond motifs is 3. The van der Waals surface area contributed by atoms with Crippen LogP contribution in [0.2, 0.25) is 0 Å². The number of ether oxygens (including phenoxy) is 1. The zero-order valence-corrected chi connectivity index (χ0v) is 16.4. The number of esters is 1. The Morgan fingerprint density at radius 2 is 1.94 bits per heavy atom. The first kappa shape index (κ1) is 18.1. The van der Waals surface area contributed by atoms with Gasteiger partial charge in [0, 0.05) is 17.7 Å². The molecule has 0 atom stereocenters. The number of carbonyl (C=O) groups is 1. The molecule has 0 radical (unpaired) electrons. The van der Waals surface area contributed by atoms with Gasteiger partial charge in [0.2, 0.25) is 0 Å². The fourth-order valence-corrected chi connectivity index (χ4v) is 5.00. The summed E-state index contributed by atoms with van der Waals surface area (Å²) < 4.78 is 26.5. The number of nitrogens with zero attached hydrogens (tertiary/aromatic N) is 4. The van der Waals surface area contributed by atoms with Gasteiger partial charge in [-0.05, 0) is 54.2 Å². The maximum atomic E-state index is 13.9. The topological polar surface area (TPSA) is 109 Å². The molecule has 0 bridgehead atoms. The van der Waals surface area contributed by atoms with Crippen LogP contribution in [-0.2, 0) is 10.3 Å². The molecule has 31 heavy (non-hydrogen) atoms. The Bertz CT molecular complexity index is 1340. The van der Waals surface area contributed by atoms with Crippen LogP contribution in [0.25, 0.3) is 22.6 Å². The van der Waals surface area contributed by atoms with Crippen molar-refractivity contribution in [1.29, 1.82) is 0 Å². The lowest BCUT2D eigenvalue weighted by molar-refractivity contribution is -0.0344. The van der Waals surface area contributed by atoms with Gasteiger partial charge in [-0.1, -0.05) is 18.2 Å². The second kappa shape index (κ2) is 6.37. The van der Waals surface area contributed by atoms with Crippen LogP contribution in [0.3, 0.4) is 0 Å². The van der Waals surface area contributed by atoms with Crippen molar-refractivity contribution in [3.05, 3.63) is 59.4 Å². The van der Waals surface area contributed by atoms with Crippen LogP contribution in [-0.4, -0.2) is 25.8 Å². The molecule has 0 saturated heterocycles. The first-order valence-electron chi connectivity index (χ1n) is 10.1. The maximum Gasteiger partial charge on any atom is 0.339 e. The van der Waals surface area contributed by atoms with E-state index in [-0.39, 0.29) is 23.6 Å². The van der Waals surface area contributed by atoms with Crippen LogP contribution in [0.15, 0.2) is 47.1 Å². The lowest BCUT2D eigenvalue weighted by Gasteiger charge is -2.37. The molecule has 1 fully saturated rings. The minimum absolute atomic E-state index is 0.0404. The lowest BCUT2D eigenvalue weighted by atomic mass is 9.77. The third kappa shape index (κ3) is 2.59. The number of imidazole rings is 1. The zero-order chi connectivity index (χ0) is 21.2. The molecule has 3 heterocycles. The average Bonchev–Trinajstić information content (AvgIpc) is 3.43. The molecule has 0 amide bonds. The molecule has 1 spiro atoms. The quantitative estimate of drug-likeness (QED) is 0.489. The summed E-state index contributed by atoms with van der Waals surface area (Å²) in [7, 11) is 0. The van der Waals surface area contributed by atoms with E-state index in [0.717, 1.165) is 23.9 Å². The molecular weight excluding hydrogens is 401 g/mol. The van der Waals surface area contributed by atoms with Crippen molar-refractivity contribution in [2.75, 3.05) is 5.73 Å². The Kier molecular flexibility index (Phi) is 3.71. The second-order valence-corrected chi connectivity index (χ2v) is 8.10. The van der Waals surface area contributed by atoms with Gasteiger partial charge in [-0.25, -0.2) is 18.8 Å². The summed E-state index contributed by atoms with van der Waals surface area (Å²) in [4.78, 5) is 17.0. The molecule has 9 heteroatoms. The van der Waals surface area contributed by atoms with Crippen LogP contribution in [0.4, 0.5) is 10.2 Å². The highest BCUT2D eigenvalue weighted by Crippen LogP contribution is 2.50. The van der Waals surface area contributed by atoms with Crippen molar-refractivity contribution in [2.24, 2.45) is 0 Å². The molecule has 1 aliphatic heterocycles. The van der Waals surface area contributed by atoms with Gasteiger partial charge in [0.1, 0.15) is 11.4 Å². The van der Waals surface area contributed by atoms with Gasteiger partial charge in [0.25, 0.3) is 0 Å². The lowest BCUT2D eigenvalue weighted by Crippen LogP contribution is -2.33. The molecular formula is C22H18FN5O3. The van der Waals surface area contributed by atoms with E-state index in [2.05, 4.69) is 15.3 Å².